The van der Waals surface area contributed by atoms with Crippen LogP contribution in [0.1, 0.15) is 40.7 Å². The molecule has 0 spiro atoms. The largest absolute Gasteiger partial charge is 0.507 e. The summed E-state index contributed by atoms with van der Waals surface area (Å²) in [6.07, 6.45) is 0.0351. The van der Waals surface area contributed by atoms with Gasteiger partial charge in [-0.2, -0.15) is 0 Å². The van der Waals surface area contributed by atoms with Gasteiger partial charge in [-0.05, 0) is 54.5 Å². The number of hydrogen-bond donors (Lipinski definition) is 3. The van der Waals surface area contributed by atoms with Gasteiger partial charge in [0.05, 0.1) is 18.2 Å². The first kappa shape index (κ1) is 21.0. The number of aromatic hydroxyl groups is 2. The Hall–Kier alpha value is -3.73. The summed E-state index contributed by atoms with van der Waals surface area (Å²) in [7, 11) is 1.57. The van der Waals surface area contributed by atoms with Gasteiger partial charge in [-0.25, -0.2) is 0 Å². The molecule has 0 aliphatic rings. The number of carbonyl (C=O) groups is 1. The first-order chi connectivity index (χ1) is 14.4. The predicted octanol–water partition coefficient (Wildman–Crippen LogP) is 5.45. The number of methoxy groups -OCH3 is 1. The smallest absolute Gasteiger partial charge is 0.167 e. The molecular formula is C25H24O5. The summed E-state index contributed by atoms with van der Waals surface area (Å²) in [5, 5.41) is 31.1. The van der Waals surface area contributed by atoms with E-state index in [1.54, 1.807) is 62.6 Å². The SMILES string of the molecule is COc1ccc(C(CC(=O)c2ccccc2O)/C(C)=C(\O)c2ccccc2O)cc1. The molecule has 0 fully saturated rings. The fraction of sp³-hybridized carbons (Fsp3) is 0.160. The summed E-state index contributed by atoms with van der Waals surface area (Å²) in [4.78, 5) is 13.0. The van der Waals surface area contributed by atoms with E-state index in [0.29, 0.717) is 16.9 Å². The lowest BCUT2D eigenvalue weighted by atomic mass is 9.84. The second-order valence-corrected chi connectivity index (χ2v) is 7.02. The first-order valence-corrected chi connectivity index (χ1v) is 9.55. The van der Waals surface area contributed by atoms with Crippen LogP contribution in [0.15, 0.2) is 78.4 Å². The van der Waals surface area contributed by atoms with Crippen LogP contribution in [0, 0.1) is 0 Å². The van der Waals surface area contributed by atoms with Crippen LogP contribution in [0.25, 0.3) is 5.76 Å². The highest BCUT2D eigenvalue weighted by Crippen LogP contribution is 2.36. The summed E-state index contributed by atoms with van der Waals surface area (Å²) in [5.74, 6) is -0.256. The van der Waals surface area contributed by atoms with Crippen molar-refractivity contribution in [2.45, 2.75) is 19.3 Å². The Labute approximate surface area is 175 Å². The van der Waals surface area contributed by atoms with Crippen molar-refractivity contribution >= 4 is 11.5 Å². The summed E-state index contributed by atoms with van der Waals surface area (Å²) < 4.78 is 5.21. The van der Waals surface area contributed by atoms with Gasteiger partial charge in [0.2, 0.25) is 0 Å². The minimum atomic E-state index is -0.470. The van der Waals surface area contributed by atoms with E-state index in [2.05, 4.69) is 0 Å². The number of phenols is 2. The maximum atomic E-state index is 13.0. The van der Waals surface area contributed by atoms with Crippen LogP contribution in [-0.2, 0) is 0 Å². The van der Waals surface area contributed by atoms with Crippen molar-refractivity contribution in [1.29, 1.82) is 0 Å². The highest BCUT2D eigenvalue weighted by molar-refractivity contribution is 5.99. The van der Waals surface area contributed by atoms with Gasteiger partial charge < -0.3 is 20.1 Å². The van der Waals surface area contributed by atoms with Gasteiger partial charge in [-0.3, -0.25) is 4.79 Å². The predicted molar refractivity (Wildman–Crippen MR) is 116 cm³/mol. The fourth-order valence-corrected chi connectivity index (χ4v) is 3.41. The maximum Gasteiger partial charge on any atom is 0.167 e. The highest BCUT2D eigenvalue weighted by Gasteiger charge is 2.24. The molecule has 0 bridgehead atoms. The molecule has 30 heavy (non-hydrogen) atoms. The third-order valence-electron chi connectivity index (χ3n) is 5.17. The van der Waals surface area contributed by atoms with Gasteiger partial charge in [0.15, 0.2) is 5.78 Å². The lowest BCUT2D eigenvalue weighted by molar-refractivity contribution is 0.0974. The van der Waals surface area contributed by atoms with E-state index < -0.39 is 5.92 Å². The molecule has 0 aliphatic heterocycles. The molecule has 0 aliphatic carbocycles. The Kier molecular flexibility index (Phi) is 6.42. The third-order valence-corrected chi connectivity index (χ3v) is 5.17. The number of ether oxygens (including phenoxy) is 1. The molecule has 0 aromatic heterocycles. The molecule has 1 atom stereocenters. The fourth-order valence-electron chi connectivity index (χ4n) is 3.41. The highest BCUT2D eigenvalue weighted by atomic mass is 16.5. The van der Waals surface area contributed by atoms with E-state index in [4.69, 9.17) is 4.74 Å². The molecule has 3 aromatic rings. The van der Waals surface area contributed by atoms with Crippen molar-refractivity contribution < 1.29 is 24.9 Å². The van der Waals surface area contributed by atoms with Crippen LogP contribution >= 0.6 is 0 Å². The number of rotatable bonds is 7. The Bertz CT molecular complexity index is 1070. The Morgan fingerprint density at radius 3 is 1.93 bits per heavy atom. The standard InChI is InChI=1S/C25H24O5/c1-16(25(29)20-8-4-6-10-23(20)27)21(17-11-13-18(30-2)14-12-17)15-24(28)19-7-3-5-9-22(19)26/h3-14,21,26-27,29H,15H2,1-2H3/b25-16-. The number of Topliss-reactive ketones (excluding diaryl/α,β-unsaturated/α-hetero) is 1. The quantitative estimate of drug-likeness (QED) is 0.360. The number of allylic oxidation sites excluding steroid dienone is 1. The number of benzene rings is 3. The van der Waals surface area contributed by atoms with Crippen LogP contribution in [0.2, 0.25) is 0 Å². The molecule has 3 aromatic carbocycles. The number of phenolic OH excluding ortho intramolecular Hbond substituents is 2. The summed E-state index contributed by atoms with van der Waals surface area (Å²) in [6.45, 7) is 1.73. The number of hydrogen-bond acceptors (Lipinski definition) is 5. The van der Waals surface area contributed by atoms with Crippen LogP contribution in [0.5, 0.6) is 17.2 Å². The second-order valence-electron chi connectivity index (χ2n) is 7.02. The Balaban J connectivity index is 2.05. The molecule has 1 unspecified atom stereocenters. The minimum absolute atomic E-state index is 0.0351. The lowest BCUT2D eigenvalue weighted by Gasteiger charge is -2.20. The number of para-hydroxylation sites is 2. The molecule has 154 valence electrons. The van der Waals surface area contributed by atoms with E-state index in [0.717, 1.165) is 5.56 Å². The molecule has 5 nitrogen and oxygen atoms in total. The minimum Gasteiger partial charge on any atom is -0.507 e. The zero-order valence-corrected chi connectivity index (χ0v) is 16.9. The molecule has 3 rings (SSSR count). The summed E-state index contributed by atoms with van der Waals surface area (Å²) in [6, 6.07) is 20.1. The lowest BCUT2D eigenvalue weighted by Crippen LogP contribution is -2.11. The topological polar surface area (TPSA) is 87.0 Å². The van der Waals surface area contributed by atoms with Crippen molar-refractivity contribution in [3.63, 3.8) is 0 Å². The molecule has 0 amide bonds. The van der Waals surface area contributed by atoms with Crippen LogP contribution < -0.4 is 4.74 Å². The first-order valence-electron chi connectivity index (χ1n) is 9.55. The van der Waals surface area contributed by atoms with Crippen LogP contribution in [0.3, 0.4) is 0 Å². The Morgan fingerprint density at radius 1 is 0.867 bits per heavy atom. The van der Waals surface area contributed by atoms with Crippen molar-refractivity contribution in [3.8, 4) is 17.2 Å². The normalized spacial score (nSPS) is 12.7. The second kappa shape index (κ2) is 9.18. The van der Waals surface area contributed by atoms with Gasteiger partial charge in [0.1, 0.15) is 23.0 Å². The molecular weight excluding hydrogens is 380 g/mol. The van der Waals surface area contributed by atoms with E-state index in [9.17, 15) is 20.1 Å². The molecule has 0 saturated heterocycles. The van der Waals surface area contributed by atoms with E-state index >= 15 is 0 Å². The monoisotopic (exact) mass is 404 g/mol. The van der Waals surface area contributed by atoms with Gasteiger partial charge in [-0.1, -0.05) is 36.4 Å². The van der Waals surface area contributed by atoms with E-state index in [-0.39, 0.29) is 35.0 Å². The van der Waals surface area contributed by atoms with Crippen LogP contribution in [-0.4, -0.2) is 28.2 Å². The Morgan fingerprint density at radius 2 is 1.40 bits per heavy atom. The van der Waals surface area contributed by atoms with Crippen molar-refractivity contribution in [1.82, 2.24) is 0 Å². The summed E-state index contributed by atoms with van der Waals surface area (Å²) in [5.41, 5.74) is 1.86. The number of aliphatic hydroxyl groups is 1. The average molecular weight is 404 g/mol. The van der Waals surface area contributed by atoms with Gasteiger partial charge >= 0.3 is 0 Å². The molecule has 5 heteroatoms. The number of aliphatic hydroxyl groups excluding tert-OH is 1. The van der Waals surface area contributed by atoms with Crippen molar-refractivity contribution in [2.24, 2.45) is 0 Å². The van der Waals surface area contributed by atoms with Gasteiger partial charge in [0, 0.05) is 12.3 Å². The van der Waals surface area contributed by atoms with Crippen molar-refractivity contribution in [2.75, 3.05) is 7.11 Å². The number of carbonyl (C=O) groups excluding carboxylic acids is 1. The van der Waals surface area contributed by atoms with Gasteiger partial charge in [-0.15, -0.1) is 0 Å². The van der Waals surface area contributed by atoms with E-state index in [1.165, 1.54) is 12.1 Å². The zero-order chi connectivity index (χ0) is 21.7. The molecule has 0 saturated carbocycles. The maximum absolute atomic E-state index is 13.0. The third kappa shape index (κ3) is 4.46. The number of ketones is 1. The molecule has 3 N–H and O–H groups in total. The molecule has 0 heterocycles. The van der Waals surface area contributed by atoms with Crippen molar-refractivity contribution in [3.05, 3.63) is 95.1 Å². The average Bonchev–Trinajstić information content (AvgIpc) is 2.77. The van der Waals surface area contributed by atoms with Gasteiger partial charge in [0.25, 0.3) is 0 Å². The van der Waals surface area contributed by atoms with Crippen LogP contribution in [0.4, 0.5) is 0 Å². The summed E-state index contributed by atoms with van der Waals surface area (Å²) >= 11 is 0. The zero-order valence-electron chi connectivity index (χ0n) is 16.9. The van der Waals surface area contributed by atoms with E-state index in [1.807, 2.05) is 12.1 Å². The molecule has 0 radical (unpaired) electrons.